The van der Waals surface area contributed by atoms with Gasteiger partial charge in [-0.3, -0.25) is 19.7 Å². The molecule has 1 aromatic carbocycles. The second kappa shape index (κ2) is 9.97. The van der Waals surface area contributed by atoms with Crippen molar-refractivity contribution in [1.82, 2.24) is 5.32 Å². The van der Waals surface area contributed by atoms with Gasteiger partial charge in [0.1, 0.15) is 6.04 Å². The lowest BCUT2D eigenvalue weighted by Crippen LogP contribution is -2.44. The maximum absolute atomic E-state index is 12.4. The number of ether oxygens (including phenoxy) is 1. The molecule has 0 aliphatic rings. The molecule has 3 N–H and O–H groups in total. The highest BCUT2D eigenvalue weighted by molar-refractivity contribution is 7.98. The number of hydrogen-bond donors (Lipinski definition) is 2. The number of amides is 2. The summed E-state index contributed by atoms with van der Waals surface area (Å²) in [6, 6.07) is 2.34. The van der Waals surface area contributed by atoms with Crippen LogP contribution in [0.4, 0.5) is 5.69 Å². The molecule has 1 rings (SSSR count). The van der Waals surface area contributed by atoms with Crippen LogP contribution in [0.1, 0.15) is 23.7 Å². The molecule has 26 heavy (non-hydrogen) atoms. The van der Waals surface area contributed by atoms with E-state index in [9.17, 15) is 24.5 Å². The van der Waals surface area contributed by atoms with Crippen molar-refractivity contribution in [1.29, 1.82) is 0 Å². The van der Waals surface area contributed by atoms with Gasteiger partial charge < -0.3 is 15.8 Å². The van der Waals surface area contributed by atoms with Crippen molar-refractivity contribution in [2.24, 2.45) is 5.73 Å². The second-order valence-corrected chi connectivity index (χ2v) is 6.60. The second-order valence-electron chi connectivity index (χ2n) is 5.21. The third-order valence-corrected chi connectivity index (χ3v) is 4.26. The molecule has 2 atom stereocenters. The first kappa shape index (κ1) is 21.7. The zero-order valence-corrected chi connectivity index (χ0v) is 15.6. The molecule has 0 radical (unpaired) electrons. The molecule has 142 valence electrons. The molecule has 9 nitrogen and oxygen atoms in total. The van der Waals surface area contributed by atoms with Crippen LogP contribution in [0.25, 0.3) is 0 Å². The lowest BCUT2D eigenvalue weighted by Gasteiger charge is -2.19. The van der Waals surface area contributed by atoms with Gasteiger partial charge in [0, 0.05) is 12.1 Å². The predicted molar refractivity (Wildman–Crippen MR) is 97.1 cm³/mol. The van der Waals surface area contributed by atoms with Crippen LogP contribution >= 0.6 is 23.4 Å². The Bertz CT molecular complexity index is 715. The molecule has 1 aromatic rings. The third-order valence-electron chi connectivity index (χ3n) is 3.30. The van der Waals surface area contributed by atoms with E-state index in [-0.39, 0.29) is 22.7 Å². The first-order valence-corrected chi connectivity index (χ1v) is 9.18. The van der Waals surface area contributed by atoms with Crippen LogP contribution in [0, 0.1) is 10.1 Å². The number of halogens is 1. The maximum atomic E-state index is 12.4. The lowest BCUT2D eigenvalue weighted by molar-refractivity contribution is -0.384. The Morgan fingerprint density at radius 2 is 2.08 bits per heavy atom. The molecule has 0 saturated heterocycles. The number of non-ortho nitro benzene ring substituents is 1. The topological polar surface area (TPSA) is 142 Å². The number of esters is 1. The van der Waals surface area contributed by atoms with Crippen molar-refractivity contribution in [2.75, 3.05) is 12.0 Å². The number of carbonyl (C=O) groups excluding carboxylic acids is 3. The Hall–Kier alpha value is -2.33. The van der Waals surface area contributed by atoms with Crippen LogP contribution in [-0.2, 0) is 14.3 Å². The Kier molecular flexibility index (Phi) is 8.33. The van der Waals surface area contributed by atoms with Gasteiger partial charge in [-0.1, -0.05) is 11.6 Å². The van der Waals surface area contributed by atoms with Crippen molar-refractivity contribution >= 4 is 46.8 Å². The number of hydrogen-bond acceptors (Lipinski definition) is 7. The van der Waals surface area contributed by atoms with E-state index >= 15 is 0 Å². The lowest BCUT2D eigenvalue weighted by atomic mass is 10.1. The minimum absolute atomic E-state index is 0.0258. The van der Waals surface area contributed by atoms with E-state index < -0.39 is 34.9 Å². The van der Waals surface area contributed by atoms with Gasteiger partial charge in [0.25, 0.3) is 17.5 Å². The van der Waals surface area contributed by atoms with Gasteiger partial charge in [-0.2, -0.15) is 11.8 Å². The molecule has 0 heterocycles. The molecule has 0 saturated carbocycles. The minimum atomic E-state index is -1.14. The van der Waals surface area contributed by atoms with E-state index in [0.29, 0.717) is 5.75 Å². The van der Waals surface area contributed by atoms with Crippen LogP contribution in [0.15, 0.2) is 18.2 Å². The number of nitrogens with zero attached hydrogens (tertiary/aromatic N) is 1. The number of primary amides is 1. The van der Waals surface area contributed by atoms with Gasteiger partial charge in [0.05, 0.1) is 15.5 Å². The molecule has 0 fully saturated rings. The van der Waals surface area contributed by atoms with E-state index in [4.69, 9.17) is 22.1 Å². The smallest absolute Gasteiger partial charge is 0.329 e. The Morgan fingerprint density at radius 1 is 1.42 bits per heavy atom. The van der Waals surface area contributed by atoms with Crippen molar-refractivity contribution < 1.29 is 24.0 Å². The zero-order valence-electron chi connectivity index (χ0n) is 14.1. The summed E-state index contributed by atoms with van der Waals surface area (Å²) >= 11 is 7.37. The molecule has 0 aromatic heterocycles. The fourth-order valence-corrected chi connectivity index (χ4v) is 2.57. The van der Waals surface area contributed by atoms with E-state index in [0.717, 1.165) is 12.1 Å². The molecule has 0 spiro atoms. The molecule has 0 aliphatic heterocycles. The summed E-state index contributed by atoms with van der Waals surface area (Å²) in [5.74, 6) is -1.78. The number of carbonyl (C=O) groups is 3. The number of thioether (sulfide) groups is 1. The van der Waals surface area contributed by atoms with Gasteiger partial charge in [-0.15, -0.1) is 0 Å². The van der Waals surface area contributed by atoms with Crippen LogP contribution < -0.4 is 11.1 Å². The summed E-state index contributed by atoms with van der Waals surface area (Å²) < 4.78 is 4.93. The summed E-state index contributed by atoms with van der Waals surface area (Å²) in [6.07, 6.45) is 0.935. The number of rotatable bonds is 9. The van der Waals surface area contributed by atoms with Crippen LogP contribution in [0.3, 0.4) is 0 Å². The normalized spacial score (nSPS) is 12.7. The highest BCUT2D eigenvalue weighted by Gasteiger charge is 2.26. The van der Waals surface area contributed by atoms with Crippen LogP contribution in [0.5, 0.6) is 0 Å². The first-order chi connectivity index (χ1) is 12.2. The predicted octanol–water partition coefficient (Wildman–Crippen LogP) is 1.52. The van der Waals surface area contributed by atoms with Gasteiger partial charge in [0.2, 0.25) is 0 Å². The number of benzene rings is 1. The summed E-state index contributed by atoms with van der Waals surface area (Å²) in [4.78, 5) is 45.7. The molecular weight excluding hydrogens is 386 g/mol. The third kappa shape index (κ3) is 6.19. The average Bonchev–Trinajstić information content (AvgIpc) is 2.57. The number of nitrogens with two attached hydrogens (primary N) is 1. The Morgan fingerprint density at radius 3 is 2.58 bits per heavy atom. The molecule has 11 heteroatoms. The summed E-state index contributed by atoms with van der Waals surface area (Å²) in [5.41, 5.74) is 4.77. The zero-order chi connectivity index (χ0) is 19.9. The summed E-state index contributed by atoms with van der Waals surface area (Å²) in [7, 11) is 0. The van der Waals surface area contributed by atoms with Gasteiger partial charge in [-0.05, 0) is 31.4 Å². The van der Waals surface area contributed by atoms with E-state index in [1.165, 1.54) is 24.8 Å². The van der Waals surface area contributed by atoms with Crippen molar-refractivity contribution in [3.8, 4) is 0 Å². The fourth-order valence-electron chi connectivity index (χ4n) is 1.84. The molecule has 0 bridgehead atoms. The van der Waals surface area contributed by atoms with Crippen LogP contribution in [0.2, 0.25) is 5.02 Å². The van der Waals surface area contributed by atoms with Gasteiger partial charge in [0.15, 0.2) is 6.10 Å². The van der Waals surface area contributed by atoms with Crippen molar-refractivity contribution in [2.45, 2.75) is 25.5 Å². The van der Waals surface area contributed by atoms with E-state index in [2.05, 4.69) is 5.32 Å². The van der Waals surface area contributed by atoms with Crippen LogP contribution in [-0.4, -0.2) is 46.9 Å². The Balaban J connectivity index is 2.93. The number of nitro benzene ring substituents is 1. The van der Waals surface area contributed by atoms with Gasteiger partial charge >= 0.3 is 5.97 Å². The molecular formula is C15H18ClN3O6S. The SMILES string of the molecule is CSCC[C@@H](NC(=O)c1ccc([N+](=O)[O-])cc1Cl)C(=O)O[C@@H](C)C(N)=O. The van der Waals surface area contributed by atoms with Crippen molar-refractivity contribution in [3.05, 3.63) is 38.9 Å². The van der Waals surface area contributed by atoms with Crippen molar-refractivity contribution in [3.63, 3.8) is 0 Å². The average molecular weight is 404 g/mol. The molecule has 0 aliphatic carbocycles. The minimum Gasteiger partial charge on any atom is -0.451 e. The monoisotopic (exact) mass is 403 g/mol. The standard InChI is InChI=1S/C15H18ClN3O6S/c1-8(13(17)20)25-15(22)12(5-6-26-2)18-14(21)10-4-3-9(19(23)24)7-11(10)16/h3-4,7-8,12H,5-6H2,1-2H3,(H2,17,20)(H,18,21)/t8-,12+/m0/s1. The van der Waals surface area contributed by atoms with Gasteiger partial charge in [-0.25, -0.2) is 4.79 Å². The van der Waals surface area contributed by atoms with E-state index in [1.54, 1.807) is 0 Å². The molecule has 2 amide bonds. The highest BCUT2D eigenvalue weighted by Crippen LogP contribution is 2.22. The summed E-state index contributed by atoms with van der Waals surface area (Å²) in [6.45, 7) is 1.32. The van der Waals surface area contributed by atoms with E-state index in [1.807, 2.05) is 6.26 Å². The maximum Gasteiger partial charge on any atom is 0.329 e. The quantitative estimate of drug-likeness (QED) is 0.361. The highest BCUT2D eigenvalue weighted by atomic mass is 35.5. The number of nitrogens with one attached hydrogen (secondary N) is 1. The largest absolute Gasteiger partial charge is 0.451 e. The Labute approximate surface area is 158 Å². The first-order valence-electron chi connectivity index (χ1n) is 7.41. The summed E-state index contributed by atoms with van der Waals surface area (Å²) in [5, 5.41) is 13.1. The molecule has 0 unspecified atom stereocenters. The number of nitro groups is 1. The fraction of sp³-hybridized carbons (Fsp3) is 0.400.